The van der Waals surface area contributed by atoms with Gasteiger partial charge in [-0.2, -0.15) is 0 Å². The Bertz CT molecular complexity index is 322. The first-order chi connectivity index (χ1) is 5.79. The lowest BCUT2D eigenvalue weighted by Crippen LogP contribution is -2.40. The number of carboxylic acid groups (broad SMARTS) is 1. The fraction of sp³-hybridized carbons (Fsp3) is 0.222. The number of carbonyl (C=O) groups excluding carboxylic acids is 1. The Labute approximate surface area is 70.2 Å². The van der Waals surface area contributed by atoms with E-state index in [0.717, 1.165) is 17.7 Å². The highest BCUT2D eigenvalue weighted by atomic mass is 16.4. The predicted octanol–water partition coefficient (Wildman–Crippen LogP) is 0.392. The van der Waals surface area contributed by atoms with Crippen LogP contribution in [-0.4, -0.2) is 12.6 Å². The van der Waals surface area contributed by atoms with Crippen LogP contribution in [0.3, 0.4) is 0 Å². The molecule has 62 valence electrons. The van der Waals surface area contributed by atoms with Gasteiger partial charge in [-0.3, -0.25) is 0 Å². The van der Waals surface area contributed by atoms with Crippen LogP contribution in [-0.2, 0) is 6.42 Å². The first-order valence-electron chi connectivity index (χ1n) is 3.85. The van der Waals surface area contributed by atoms with Crippen LogP contribution in [0.2, 0.25) is 0 Å². The summed E-state index contributed by atoms with van der Waals surface area (Å²) in [7, 11) is 0. The summed E-state index contributed by atoms with van der Waals surface area (Å²) in [5, 5.41) is 10.6. The first kappa shape index (κ1) is 7.16. The highest BCUT2D eigenvalue weighted by Crippen LogP contribution is 2.26. The SMILES string of the molecule is O=C([O-])N1CCc2ccccc21. The summed E-state index contributed by atoms with van der Waals surface area (Å²) in [6.07, 6.45) is -0.315. The number of nitrogens with zero attached hydrogens (tertiary/aromatic N) is 1. The smallest absolute Gasteiger partial charge is 0.141 e. The number of amides is 1. The van der Waals surface area contributed by atoms with Gasteiger partial charge in [-0.1, -0.05) is 18.2 Å². The average molecular weight is 162 g/mol. The third-order valence-electron chi connectivity index (χ3n) is 2.11. The number of fused-ring (bicyclic) bond motifs is 1. The van der Waals surface area contributed by atoms with Crippen LogP contribution in [0.1, 0.15) is 5.56 Å². The molecule has 1 aliphatic rings. The summed E-state index contributed by atoms with van der Waals surface area (Å²) in [5.74, 6) is 0. The second kappa shape index (κ2) is 2.52. The zero-order chi connectivity index (χ0) is 8.55. The minimum atomic E-state index is -1.11. The minimum Gasteiger partial charge on any atom is -0.530 e. The molecule has 1 heterocycles. The minimum absolute atomic E-state index is 0.529. The van der Waals surface area contributed by atoms with Crippen molar-refractivity contribution < 1.29 is 9.90 Å². The van der Waals surface area contributed by atoms with E-state index in [4.69, 9.17) is 0 Å². The maximum absolute atomic E-state index is 10.6. The number of benzene rings is 1. The maximum atomic E-state index is 10.6. The first-order valence-corrected chi connectivity index (χ1v) is 3.85. The van der Waals surface area contributed by atoms with Crippen molar-refractivity contribution in [1.82, 2.24) is 0 Å². The maximum Gasteiger partial charge on any atom is 0.141 e. The van der Waals surface area contributed by atoms with Crippen molar-refractivity contribution in [2.75, 3.05) is 11.4 Å². The van der Waals surface area contributed by atoms with Crippen molar-refractivity contribution in [1.29, 1.82) is 0 Å². The number of anilines is 1. The molecular formula is C9H8NO2-. The van der Waals surface area contributed by atoms with Crippen molar-refractivity contribution in [2.45, 2.75) is 6.42 Å². The third kappa shape index (κ3) is 0.942. The molecule has 12 heavy (non-hydrogen) atoms. The number of hydrogen-bond acceptors (Lipinski definition) is 2. The fourth-order valence-corrected chi connectivity index (χ4v) is 1.53. The summed E-state index contributed by atoms with van der Waals surface area (Å²) in [6.45, 7) is 0.529. The van der Waals surface area contributed by atoms with E-state index in [0.29, 0.717) is 6.54 Å². The van der Waals surface area contributed by atoms with Crippen molar-refractivity contribution >= 4 is 11.8 Å². The second-order valence-corrected chi connectivity index (χ2v) is 2.80. The van der Waals surface area contributed by atoms with Crippen LogP contribution in [0.25, 0.3) is 0 Å². The van der Waals surface area contributed by atoms with E-state index in [1.807, 2.05) is 18.2 Å². The fourth-order valence-electron chi connectivity index (χ4n) is 1.53. The standard InChI is InChI=1S/C9H9NO2/c11-9(12)10-6-5-7-3-1-2-4-8(7)10/h1-4H,5-6H2,(H,11,12)/p-1. The van der Waals surface area contributed by atoms with E-state index >= 15 is 0 Å². The lowest BCUT2D eigenvalue weighted by Gasteiger charge is -2.19. The summed E-state index contributed by atoms with van der Waals surface area (Å²) in [4.78, 5) is 11.9. The number of hydrogen-bond donors (Lipinski definition) is 0. The zero-order valence-corrected chi connectivity index (χ0v) is 6.49. The molecule has 3 nitrogen and oxygen atoms in total. The molecule has 0 unspecified atom stereocenters. The van der Waals surface area contributed by atoms with Gasteiger partial charge in [0.25, 0.3) is 0 Å². The van der Waals surface area contributed by atoms with Gasteiger partial charge in [0, 0.05) is 12.2 Å². The molecule has 0 saturated heterocycles. The van der Waals surface area contributed by atoms with Crippen LogP contribution in [0.4, 0.5) is 10.5 Å². The van der Waals surface area contributed by atoms with Gasteiger partial charge in [0.15, 0.2) is 0 Å². The van der Waals surface area contributed by atoms with E-state index in [1.165, 1.54) is 4.90 Å². The van der Waals surface area contributed by atoms with Crippen LogP contribution in [0, 0.1) is 0 Å². The highest BCUT2D eigenvalue weighted by Gasteiger charge is 2.18. The Hall–Kier alpha value is -1.51. The van der Waals surface area contributed by atoms with Crippen molar-refractivity contribution in [3.8, 4) is 0 Å². The molecule has 0 spiro atoms. The number of carbonyl (C=O) groups is 1. The quantitative estimate of drug-likeness (QED) is 0.554. The molecule has 3 heteroatoms. The summed E-state index contributed by atoms with van der Waals surface area (Å²) < 4.78 is 0. The molecule has 0 radical (unpaired) electrons. The molecule has 0 atom stereocenters. The molecule has 0 aliphatic carbocycles. The van der Waals surface area contributed by atoms with Gasteiger partial charge in [0.2, 0.25) is 0 Å². The molecule has 0 aromatic heterocycles. The average Bonchev–Trinajstić information content (AvgIpc) is 2.47. The molecular weight excluding hydrogens is 154 g/mol. The molecule has 1 aromatic rings. The van der Waals surface area contributed by atoms with E-state index in [1.54, 1.807) is 6.07 Å². The molecule has 0 fully saturated rings. The van der Waals surface area contributed by atoms with Crippen LogP contribution < -0.4 is 10.0 Å². The number of para-hydroxylation sites is 1. The molecule has 1 aromatic carbocycles. The number of rotatable bonds is 0. The Morgan fingerprint density at radius 3 is 2.92 bits per heavy atom. The summed E-state index contributed by atoms with van der Waals surface area (Å²) in [5.41, 5.74) is 1.86. The van der Waals surface area contributed by atoms with Gasteiger partial charge >= 0.3 is 0 Å². The Morgan fingerprint density at radius 2 is 2.17 bits per heavy atom. The summed E-state index contributed by atoms with van der Waals surface area (Å²) >= 11 is 0. The molecule has 1 aliphatic heterocycles. The van der Waals surface area contributed by atoms with Gasteiger partial charge in [-0.25, -0.2) is 0 Å². The second-order valence-electron chi connectivity index (χ2n) is 2.80. The van der Waals surface area contributed by atoms with Crippen LogP contribution in [0.5, 0.6) is 0 Å². The van der Waals surface area contributed by atoms with Gasteiger partial charge in [-0.05, 0) is 18.1 Å². The molecule has 1 amide bonds. The van der Waals surface area contributed by atoms with Gasteiger partial charge < -0.3 is 14.8 Å². The third-order valence-corrected chi connectivity index (χ3v) is 2.11. The van der Waals surface area contributed by atoms with Crippen LogP contribution in [0.15, 0.2) is 24.3 Å². The highest BCUT2D eigenvalue weighted by molar-refractivity contribution is 5.87. The Morgan fingerprint density at radius 1 is 1.42 bits per heavy atom. The van der Waals surface area contributed by atoms with Crippen molar-refractivity contribution in [2.24, 2.45) is 0 Å². The van der Waals surface area contributed by atoms with E-state index in [2.05, 4.69) is 0 Å². The predicted molar refractivity (Wildman–Crippen MR) is 42.9 cm³/mol. The Kier molecular flexibility index (Phi) is 1.50. The van der Waals surface area contributed by atoms with E-state index in [-0.39, 0.29) is 0 Å². The van der Waals surface area contributed by atoms with Gasteiger partial charge in [0.05, 0.1) is 0 Å². The van der Waals surface area contributed by atoms with Crippen molar-refractivity contribution in [3.63, 3.8) is 0 Å². The molecule has 0 bridgehead atoms. The topological polar surface area (TPSA) is 43.4 Å². The Balaban J connectivity index is 2.42. The monoisotopic (exact) mass is 162 g/mol. The van der Waals surface area contributed by atoms with Crippen molar-refractivity contribution in [3.05, 3.63) is 29.8 Å². The largest absolute Gasteiger partial charge is 0.530 e. The van der Waals surface area contributed by atoms with Gasteiger partial charge in [-0.15, -0.1) is 0 Å². The lowest BCUT2D eigenvalue weighted by molar-refractivity contribution is -0.246. The van der Waals surface area contributed by atoms with E-state index < -0.39 is 6.09 Å². The normalized spacial score (nSPS) is 14.5. The molecule has 0 N–H and O–H groups in total. The zero-order valence-electron chi connectivity index (χ0n) is 6.49. The van der Waals surface area contributed by atoms with Gasteiger partial charge in [0.1, 0.15) is 6.09 Å². The van der Waals surface area contributed by atoms with Crippen LogP contribution >= 0.6 is 0 Å². The summed E-state index contributed by atoms with van der Waals surface area (Å²) in [6, 6.07) is 7.49. The molecule has 2 rings (SSSR count). The van der Waals surface area contributed by atoms with E-state index in [9.17, 15) is 9.90 Å². The molecule has 0 saturated carbocycles. The lowest BCUT2D eigenvalue weighted by atomic mass is 10.2.